The summed E-state index contributed by atoms with van der Waals surface area (Å²) < 4.78 is 2.01. The second-order valence-electron chi connectivity index (χ2n) is 5.10. The topological polar surface area (TPSA) is 63.6 Å². The van der Waals surface area contributed by atoms with Crippen LogP contribution in [0.25, 0.3) is 11.2 Å². The first-order valence-corrected chi connectivity index (χ1v) is 8.48. The molecule has 0 spiro atoms. The highest BCUT2D eigenvalue weighted by Gasteiger charge is 2.16. The highest BCUT2D eigenvalue weighted by Crippen LogP contribution is 2.22. The highest BCUT2D eigenvalue weighted by molar-refractivity contribution is 7.99. The average molecular weight is 326 g/mol. The lowest BCUT2D eigenvalue weighted by Crippen LogP contribution is -2.12. The molecule has 0 atom stereocenters. The summed E-state index contributed by atoms with van der Waals surface area (Å²) in [6.45, 7) is 6.35. The van der Waals surface area contributed by atoms with E-state index in [9.17, 15) is 4.79 Å². The zero-order valence-electron chi connectivity index (χ0n) is 13.0. The van der Waals surface area contributed by atoms with Crippen molar-refractivity contribution in [3.05, 3.63) is 64.7 Å². The number of aromatic amines is 1. The summed E-state index contributed by atoms with van der Waals surface area (Å²) in [4.78, 5) is 24.1. The van der Waals surface area contributed by atoms with E-state index in [-0.39, 0.29) is 5.56 Å². The summed E-state index contributed by atoms with van der Waals surface area (Å²) in [6.07, 6.45) is 2.50. The molecule has 0 radical (unpaired) electrons. The van der Waals surface area contributed by atoms with E-state index in [1.165, 1.54) is 0 Å². The number of hydrogen-bond acceptors (Lipinski definition) is 4. The van der Waals surface area contributed by atoms with Gasteiger partial charge in [-0.05, 0) is 5.56 Å². The number of rotatable bonds is 6. The molecule has 6 heteroatoms. The van der Waals surface area contributed by atoms with E-state index in [1.807, 2.05) is 35.8 Å². The summed E-state index contributed by atoms with van der Waals surface area (Å²) in [5.41, 5.74) is 2.00. The number of nitrogens with zero attached hydrogens (tertiary/aromatic N) is 3. The molecule has 23 heavy (non-hydrogen) atoms. The SMILES string of the molecule is C=CCSc1nc2c(=O)[nH]c(CC)nc2n1Cc1ccccc1. The standard InChI is InChI=1S/C17H18N4OS/c1-3-10-23-17-20-14-15(18-13(4-2)19-16(14)22)21(17)11-12-8-6-5-7-9-12/h3,5-9H,1,4,10-11H2,2H3,(H,18,19,22). The molecule has 0 unspecified atom stereocenters. The maximum absolute atomic E-state index is 12.2. The first kappa shape index (κ1) is 15.6. The van der Waals surface area contributed by atoms with Gasteiger partial charge in [0.15, 0.2) is 16.3 Å². The van der Waals surface area contributed by atoms with Crippen molar-refractivity contribution in [2.24, 2.45) is 0 Å². The lowest BCUT2D eigenvalue weighted by Gasteiger charge is -2.08. The van der Waals surface area contributed by atoms with Gasteiger partial charge in [-0.3, -0.25) is 9.36 Å². The van der Waals surface area contributed by atoms with Gasteiger partial charge in [-0.2, -0.15) is 0 Å². The van der Waals surface area contributed by atoms with Crippen LogP contribution in [0.15, 0.2) is 52.9 Å². The Kier molecular flexibility index (Phi) is 4.62. The lowest BCUT2D eigenvalue weighted by atomic mass is 10.2. The van der Waals surface area contributed by atoms with Gasteiger partial charge in [0.1, 0.15) is 5.82 Å². The second kappa shape index (κ2) is 6.83. The molecule has 3 rings (SSSR count). The maximum Gasteiger partial charge on any atom is 0.279 e. The molecule has 5 nitrogen and oxygen atoms in total. The molecule has 1 N–H and O–H groups in total. The van der Waals surface area contributed by atoms with Crippen LogP contribution in [0.5, 0.6) is 0 Å². The molecule has 0 amide bonds. The van der Waals surface area contributed by atoms with Crippen LogP contribution >= 0.6 is 11.8 Å². The summed E-state index contributed by atoms with van der Waals surface area (Å²) in [5, 5.41) is 0.787. The maximum atomic E-state index is 12.2. The third kappa shape index (κ3) is 3.22. The zero-order valence-corrected chi connectivity index (χ0v) is 13.8. The van der Waals surface area contributed by atoms with Crippen molar-refractivity contribution in [3.63, 3.8) is 0 Å². The number of imidazole rings is 1. The van der Waals surface area contributed by atoms with Crippen LogP contribution in [-0.2, 0) is 13.0 Å². The minimum absolute atomic E-state index is 0.181. The Morgan fingerprint density at radius 1 is 1.30 bits per heavy atom. The van der Waals surface area contributed by atoms with Gasteiger partial charge >= 0.3 is 0 Å². The molecular formula is C17H18N4OS. The number of H-pyrrole nitrogens is 1. The van der Waals surface area contributed by atoms with E-state index in [0.29, 0.717) is 30.0 Å². The minimum atomic E-state index is -0.181. The number of benzene rings is 1. The first-order chi connectivity index (χ1) is 11.2. The molecule has 3 aromatic rings. The second-order valence-corrected chi connectivity index (χ2v) is 6.09. The van der Waals surface area contributed by atoms with E-state index >= 15 is 0 Å². The van der Waals surface area contributed by atoms with Gasteiger partial charge in [0.2, 0.25) is 0 Å². The van der Waals surface area contributed by atoms with Gasteiger partial charge in [-0.25, -0.2) is 9.97 Å². The lowest BCUT2D eigenvalue weighted by molar-refractivity contribution is 0.721. The molecule has 0 saturated heterocycles. The Morgan fingerprint density at radius 3 is 2.78 bits per heavy atom. The fraction of sp³-hybridized carbons (Fsp3) is 0.235. The largest absolute Gasteiger partial charge is 0.309 e. The molecular weight excluding hydrogens is 308 g/mol. The third-order valence-corrected chi connectivity index (χ3v) is 4.44. The molecule has 0 bridgehead atoms. The smallest absolute Gasteiger partial charge is 0.279 e. The van der Waals surface area contributed by atoms with E-state index in [2.05, 4.69) is 33.7 Å². The number of aromatic nitrogens is 4. The molecule has 118 valence electrons. The third-order valence-electron chi connectivity index (χ3n) is 3.47. The Morgan fingerprint density at radius 2 is 2.09 bits per heavy atom. The fourth-order valence-electron chi connectivity index (χ4n) is 2.36. The average Bonchev–Trinajstić information content (AvgIpc) is 2.92. The number of hydrogen-bond donors (Lipinski definition) is 1. The highest BCUT2D eigenvalue weighted by atomic mass is 32.2. The molecule has 0 fully saturated rings. The van der Waals surface area contributed by atoms with Crippen molar-refractivity contribution in [2.75, 3.05) is 5.75 Å². The minimum Gasteiger partial charge on any atom is -0.309 e. The molecule has 0 aliphatic heterocycles. The molecule has 0 aliphatic rings. The van der Waals surface area contributed by atoms with Crippen molar-refractivity contribution >= 4 is 22.9 Å². The van der Waals surface area contributed by atoms with Crippen LogP contribution in [0.3, 0.4) is 0 Å². The van der Waals surface area contributed by atoms with Gasteiger partial charge < -0.3 is 4.98 Å². The molecule has 0 aliphatic carbocycles. The van der Waals surface area contributed by atoms with Gasteiger partial charge in [0.25, 0.3) is 5.56 Å². The molecule has 0 saturated carbocycles. The summed E-state index contributed by atoms with van der Waals surface area (Å²) in [5.74, 6) is 1.41. The number of nitrogens with one attached hydrogen (secondary N) is 1. The zero-order chi connectivity index (χ0) is 16.2. The predicted molar refractivity (Wildman–Crippen MR) is 94.0 cm³/mol. The Labute approximate surface area is 138 Å². The van der Waals surface area contributed by atoms with Crippen LogP contribution in [0.2, 0.25) is 0 Å². The van der Waals surface area contributed by atoms with Gasteiger partial charge in [0.05, 0.1) is 6.54 Å². The van der Waals surface area contributed by atoms with Crippen LogP contribution in [0, 0.1) is 0 Å². The molecule has 2 heterocycles. The van der Waals surface area contributed by atoms with Crippen molar-refractivity contribution in [1.29, 1.82) is 0 Å². The van der Waals surface area contributed by atoms with Gasteiger partial charge in [-0.15, -0.1) is 6.58 Å². The van der Waals surface area contributed by atoms with Crippen molar-refractivity contribution in [1.82, 2.24) is 19.5 Å². The van der Waals surface area contributed by atoms with Crippen LogP contribution in [-0.4, -0.2) is 25.3 Å². The number of fused-ring (bicyclic) bond motifs is 1. The Hall–Kier alpha value is -2.34. The van der Waals surface area contributed by atoms with E-state index in [1.54, 1.807) is 11.8 Å². The van der Waals surface area contributed by atoms with Crippen LogP contribution in [0.4, 0.5) is 0 Å². The van der Waals surface area contributed by atoms with Crippen molar-refractivity contribution in [3.8, 4) is 0 Å². The monoisotopic (exact) mass is 326 g/mol. The molecule has 1 aromatic carbocycles. The van der Waals surface area contributed by atoms with E-state index < -0.39 is 0 Å². The first-order valence-electron chi connectivity index (χ1n) is 7.50. The van der Waals surface area contributed by atoms with Gasteiger partial charge in [-0.1, -0.05) is 55.1 Å². The quantitative estimate of drug-likeness (QED) is 0.559. The predicted octanol–water partition coefficient (Wildman–Crippen LogP) is 3.01. The summed E-state index contributed by atoms with van der Waals surface area (Å²) in [6, 6.07) is 10.1. The fourth-order valence-corrected chi connectivity index (χ4v) is 3.09. The number of aryl methyl sites for hydroxylation is 1. The number of thioether (sulfide) groups is 1. The molecule has 2 aromatic heterocycles. The summed E-state index contributed by atoms with van der Waals surface area (Å²) in [7, 11) is 0. The van der Waals surface area contributed by atoms with Gasteiger partial charge in [0, 0.05) is 12.2 Å². The van der Waals surface area contributed by atoms with Crippen molar-refractivity contribution < 1.29 is 0 Å². The van der Waals surface area contributed by atoms with E-state index in [4.69, 9.17) is 0 Å². The van der Waals surface area contributed by atoms with E-state index in [0.717, 1.165) is 16.5 Å². The Bertz CT molecular complexity index is 883. The van der Waals surface area contributed by atoms with Crippen molar-refractivity contribution in [2.45, 2.75) is 25.0 Å². The van der Waals surface area contributed by atoms with Crippen LogP contribution < -0.4 is 5.56 Å². The summed E-state index contributed by atoms with van der Waals surface area (Å²) >= 11 is 1.56. The Balaban J connectivity index is 2.15. The normalized spacial score (nSPS) is 11.0. The van der Waals surface area contributed by atoms with Crippen LogP contribution in [0.1, 0.15) is 18.3 Å².